The fourth-order valence-electron chi connectivity index (χ4n) is 2.60. The molecular weight excluding hydrogens is 312 g/mol. The Hall–Kier alpha value is -2.79. The van der Waals surface area contributed by atoms with Crippen molar-refractivity contribution in [2.75, 3.05) is 6.61 Å². The van der Waals surface area contributed by atoms with Crippen LogP contribution in [0, 0.1) is 11.6 Å². The van der Waals surface area contributed by atoms with Crippen molar-refractivity contribution in [2.24, 2.45) is 0 Å². The van der Waals surface area contributed by atoms with E-state index < -0.39 is 29.1 Å². The summed E-state index contributed by atoms with van der Waals surface area (Å²) in [5, 5.41) is 14.0. The lowest BCUT2D eigenvalue weighted by Gasteiger charge is -2.18. The number of aliphatic hydroxyl groups excluding tert-OH is 1. The predicted molar refractivity (Wildman–Crippen MR) is 87.6 cm³/mol. The van der Waals surface area contributed by atoms with E-state index in [0.29, 0.717) is 5.56 Å². The summed E-state index contributed by atoms with van der Waals surface area (Å²) in [5.41, 5.74) is -0.00182. The van der Waals surface area contributed by atoms with Gasteiger partial charge in [-0.25, -0.2) is 8.78 Å². The van der Waals surface area contributed by atoms with E-state index >= 15 is 0 Å². The van der Waals surface area contributed by atoms with E-state index in [4.69, 9.17) is 0 Å². The van der Waals surface area contributed by atoms with Gasteiger partial charge in [0, 0.05) is 0 Å². The summed E-state index contributed by atoms with van der Waals surface area (Å²) in [6.45, 7) is -0.389. The lowest BCUT2D eigenvalue weighted by molar-refractivity contribution is 0.0907. The van der Waals surface area contributed by atoms with Crippen LogP contribution in [0.25, 0.3) is 10.8 Å². The number of hydrogen-bond donors (Lipinski definition) is 2. The average molecular weight is 327 g/mol. The topological polar surface area (TPSA) is 49.3 Å². The van der Waals surface area contributed by atoms with Crippen LogP contribution in [0.3, 0.4) is 0 Å². The molecule has 0 fully saturated rings. The molecule has 1 amide bonds. The molecule has 0 heterocycles. The van der Waals surface area contributed by atoms with Gasteiger partial charge < -0.3 is 10.4 Å². The van der Waals surface area contributed by atoms with E-state index in [1.165, 1.54) is 6.07 Å². The van der Waals surface area contributed by atoms with Crippen molar-refractivity contribution in [3.63, 3.8) is 0 Å². The monoisotopic (exact) mass is 327 g/mol. The van der Waals surface area contributed by atoms with Gasteiger partial charge in [0.15, 0.2) is 0 Å². The molecule has 5 heteroatoms. The van der Waals surface area contributed by atoms with E-state index in [9.17, 15) is 18.7 Å². The maximum absolute atomic E-state index is 13.7. The number of nitrogens with one attached hydrogen (secondary N) is 1. The molecule has 3 aromatic rings. The third-order valence-electron chi connectivity index (χ3n) is 3.85. The van der Waals surface area contributed by atoms with Crippen molar-refractivity contribution in [3.05, 3.63) is 83.4 Å². The molecule has 0 saturated carbocycles. The number of carbonyl (C=O) groups excluding carboxylic acids is 1. The van der Waals surface area contributed by atoms with Crippen molar-refractivity contribution in [1.82, 2.24) is 5.32 Å². The molecule has 1 atom stereocenters. The average Bonchev–Trinajstić information content (AvgIpc) is 2.59. The lowest BCUT2D eigenvalue weighted by Crippen LogP contribution is -2.32. The molecule has 1 unspecified atom stereocenters. The number of aliphatic hydroxyl groups is 1. The smallest absolute Gasteiger partial charge is 0.257 e. The zero-order valence-electron chi connectivity index (χ0n) is 12.7. The minimum atomic E-state index is -0.942. The SMILES string of the molecule is O=C(NC(CO)c1ccc2ccccc2c1)c1c(F)cccc1F. The normalized spacial score (nSPS) is 12.1. The highest BCUT2D eigenvalue weighted by atomic mass is 19.1. The number of halogens is 2. The summed E-state index contributed by atoms with van der Waals surface area (Å²) in [7, 11) is 0. The van der Waals surface area contributed by atoms with Gasteiger partial charge in [0.25, 0.3) is 5.91 Å². The molecule has 2 N–H and O–H groups in total. The van der Waals surface area contributed by atoms with E-state index in [1.54, 1.807) is 6.07 Å². The molecule has 3 nitrogen and oxygen atoms in total. The van der Waals surface area contributed by atoms with Crippen LogP contribution >= 0.6 is 0 Å². The maximum atomic E-state index is 13.7. The van der Waals surface area contributed by atoms with Gasteiger partial charge in [-0.2, -0.15) is 0 Å². The van der Waals surface area contributed by atoms with Crippen LogP contribution in [-0.4, -0.2) is 17.6 Å². The van der Waals surface area contributed by atoms with Gasteiger partial charge in [0.05, 0.1) is 12.6 Å². The lowest BCUT2D eigenvalue weighted by atomic mass is 10.0. The van der Waals surface area contributed by atoms with E-state index in [2.05, 4.69) is 5.32 Å². The fraction of sp³-hybridized carbons (Fsp3) is 0.105. The van der Waals surface area contributed by atoms with E-state index in [-0.39, 0.29) is 6.61 Å². The Morgan fingerprint density at radius 3 is 2.29 bits per heavy atom. The van der Waals surface area contributed by atoms with Crippen molar-refractivity contribution >= 4 is 16.7 Å². The molecule has 0 aliphatic rings. The van der Waals surface area contributed by atoms with Crippen LogP contribution < -0.4 is 5.32 Å². The minimum absolute atomic E-state index is 0.389. The van der Waals surface area contributed by atoms with Gasteiger partial charge in [0.1, 0.15) is 17.2 Å². The quantitative estimate of drug-likeness (QED) is 0.769. The largest absolute Gasteiger partial charge is 0.394 e. The Kier molecular flexibility index (Phi) is 4.53. The Morgan fingerprint density at radius 2 is 1.62 bits per heavy atom. The molecule has 3 aromatic carbocycles. The molecule has 0 aliphatic heterocycles. The second kappa shape index (κ2) is 6.76. The van der Waals surface area contributed by atoms with E-state index in [1.807, 2.05) is 36.4 Å². The Morgan fingerprint density at radius 1 is 0.958 bits per heavy atom. The number of rotatable bonds is 4. The Bertz CT molecular complexity index is 875. The third kappa shape index (κ3) is 3.12. The maximum Gasteiger partial charge on any atom is 0.257 e. The van der Waals surface area contributed by atoms with Gasteiger partial charge >= 0.3 is 0 Å². The van der Waals surface area contributed by atoms with Gasteiger partial charge in [-0.3, -0.25) is 4.79 Å². The highest BCUT2D eigenvalue weighted by Gasteiger charge is 2.21. The zero-order chi connectivity index (χ0) is 17.1. The summed E-state index contributed by atoms with van der Waals surface area (Å²) < 4.78 is 27.4. The Labute approximate surface area is 137 Å². The number of fused-ring (bicyclic) bond motifs is 1. The highest BCUT2D eigenvalue weighted by molar-refractivity contribution is 5.95. The first-order valence-electron chi connectivity index (χ1n) is 7.44. The summed E-state index contributed by atoms with van der Waals surface area (Å²) in [5.74, 6) is -2.79. The van der Waals surface area contributed by atoms with Crippen LogP contribution in [0.4, 0.5) is 8.78 Å². The first-order chi connectivity index (χ1) is 11.6. The molecule has 0 bridgehead atoms. The molecule has 0 radical (unpaired) electrons. The predicted octanol–water partition coefficient (Wildman–Crippen LogP) is 3.58. The first-order valence-corrected chi connectivity index (χ1v) is 7.44. The van der Waals surface area contributed by atoms with Gasteiger partial charge in [-0.1, -0.05) is 42.5 Å². The third-order valence-corrected chi connectivity index (χ3v) is 3.85. The highest BCUT2D eigenvalue weighted by Crippen LogP contribution is 2.21. The number of amides is 1. The number of hydrogen-bond acceptors (Lipinski definition) is 2. The standard InChI is InChI=1S/C19H15F2NO2/c20-15-6-3-7-16(21)18(15)19(24)22-17(11-23)14-9-8-12-4-1-2-5-13(12)10-14/h1-10,17,23H,11H2,(H,22,24). The molecule has 0 aromatic heterocycles. The van der Waals surface area contributed by atoms with Gasteiger partial charge in [0.2, 0.25) is 0 Å². The summed E-state index contributed by atoms with van der Waals surface area (Å²) in [4.78, 5) is 12.2. The molecular formula is C19H15F2NO2. The molecule has 122 valence electrons. The van der Waals surface area contributed by atoms with Crippen LogP contribution in [-0.2, 0) is 0 Å². The summed E-state index contributed by atoms with van der Waals surface area (Å²) in [6.07, 6.45) is 0. The molecule has 0 spiro atoms. The van der Waals surface area contributed by atoms with Gasteiger partial charge in [-0.15, -0.1) is 0 Å². The fourth-order valence-corrected chi connectivity index (χ4v) is 2.60. The van der Waals surface area contributed by atoms with Crippen molar-refractivity contribution in [2.45, 2.75) is 6.04 Å². The van der Waals surface area contributed by atoms with Crippen molar-refractivity contribution < 1.29 is 18.7 Å². The number of carbonyl (C=O) groups is 1. The van der Waals surface area contributed by atoms with E-state index in [0.717, 1.165) is 22.9 Å². The van der Waals surface area contributed by atoms with Crippen LogP contribution in [0.15, 0.2) is 60.7 Å². The first kappa shape index (κ1) is 16.1. The minimum Gasteiger partial charge on any atom is -0.394 e. The van der Waals surface area contributed by atoms with Crippen LogP contribution in [0.5, 0.6) is 0 Å². The summed E-state index contributed by atoms with van der Waals surface area (Å²) in [6, 6.07) is 15.6. The van der Waals surface area contributed by atoms with Gasteiger partial charge in [-0.05, 0) is 34.5 Å². The second-order valence-electron chi connectivity index (χ2n) is 5.41. The summed E-state index contributed by atoms with van der Waals surface area (Å²) >= 11 is 0. The van der Waals surface area contributed by atoms with Crippen molar-refractivity contribution in [1.29, 1.82) is 0 Å². The number of benzene rings is 3. The molecule has 0 aliphatic carbocycles. The second-order valence-corrected chi connectivity index (χ2v) is 5.41. The molecule has 0 saturated heterocycles. The molecule has 3 rings (SSSR count). The van der Waals surface area contributed by atoms with Crippen molar-refractivity contribution in [3.8, 4) is 0 Å². The van der Waals surface area contributed by atoms with Crippen LogP contribution in [0.2, 0.25) is 0 Å². The van der Waals surface area contributed by atoms with Crippen LogP contribution in [0.1, 0.15) is 22.0 Å². The Balaban J connectivity index is 1.89. The zero-order valence-corrected chi connectivity index (χ0v) is 12.7. The molecule has 24 heavy (non-hydrogen) atoms.